The van der Waals surface area contributed by atoms with Gasteiger partial charge >= 0.3 is 0 Å². The topological polar surface area (TPSA) is 86.7 Å². The Morgan fingerprint density at radius 2 is 1.64 bits per heavy atom. The normalized spacial score (nSPS) is 53.0. The van der Waals surface area contributed by atoms with Crippen LogP contribution in [0.25, 0.3) is 0 Å². The molecule has 6 heteroatoms. The molecule has 4 saturated carbocycles. The molecule has 0 spiro atoms. The van der Waals surface area contributed by atoms with Crippen LogP contribution in [-0.2, 0) is 14.6 Å². The van der Waals surface area contributed by atoms with Crippen LogP contribution >= 0.6 is 0 Å². The zero-order chi connectivity index (χ0) is 18.0. The van der Waals surface area contributed by atoms with Crippen molar-refractivity contribution in [2.45, 2.75) is 83.8 Å². The standard InChI is InChI=1S/C19H32O5S/c1-18-9-7-13(24-25(21,22)23)11-12(18)3-4-14-15-5-6-17(20)19(15,2)10-8-16(14)18/h12-17,20H,3-11H2,1-2H3,(H,21,22,23)/p-1/t12-,13+,14-,15-,16-,17-,18-,19-/m0/s1. The van der Waals surface area contributed by atoms with E-state index in [0.717, 1.165) is 32.1 Å². The molecule has 0 radical (unpaired) electrons. The fraction of sp³-hybridized carbons (Fsp3) is 1.00. The zero-order valence-electron chi connectivity index (χ0n) is 15.3. The molecule has 25 heavy (non-hydrogen) atoms. The van der Waals surface area contributed by atoms with E-state index in [-0.39, 0.29) is 16.9 Å². The summed E-state index contributed by atoms with van der Waals surface area (Å²) in [6.45, 7) is 4.69. The van der Waals surface area contributed by atoms with E-state index < -0.39 is 16.5 Å². The van der Waals surface area contributed by atoms with Crippen molar-refractivity contribution in [2.75, 3.05) is 0 Å². The molecule has 4 aliphatic rings. The molecule has 4 aliphatic carbocycles. The Morgan fingerprint density at radius 3 is 2.36 bits per heavy atom. The van der Waals surface area contributed by atoms with E-state index in [1.165, 1.54) is 12.8 Å². The third-order valence-electron chi connectivity index (χ3n) is 8.82. The molecule has 1 N–H and O–H groups in total. The van der Waals surface area contributed by atoms with E-state index in [4.69, 9.17) is 4.18 Å². The number of hydrogen-bond donors (Lipinski definition) is 1. The summed E-state index contributed by atoms with van der Waals surface area (Å²) in [5.41, 5.74) is 0.325. The highest BCUT2D eigenvalue weighted by Crippen LogP contribution is 2.66. The molecule has 0 bridgehead atoms. The van der Waals surface area contributed by atoms with Crippen molar-refractivity contribution in [1.82, 2.24) is 0 Å². The van der Waals surface area contributed by atoms with Crippen molar-refractivity contribution < 1.29 is 22.3 Å². The molecule has 5 nitrogen and oxygen atoms in total. The predicted octanol–water partition coefficient (Wildman–Crippen LogP) is 3.24. The first-order valence-electron chi connectivity index (χ1n) is 9.96. The Hall–Kier alpha value is -0.170. The second-order valence-electron chi connectivity index (χ2n) is 9.70. The molecule has 0 heterocycles. The second-order valence-corrected chi connectivity index (χ2v) is 10.7. The van der Waals surface area contributed by atoms with Gasteiger partial charge in [0.05, 0.1) is 12.2 Å². The molecular formula is C19H31O5S-. The Balaban J connectivity index is 1.53. The van der Waals surface area contributed by atoms with Gasteiger partial charge in [-0.1, -0.05) is 13.8 Å². The van der Waals surface area contributed by atoms with Gasteiger partial charge in [-0.25, -0.2) is 8.42 Å². The molecule has 0 aromatic carbocycles. The molecule has 0 aliphatic heterocycles. The molecule has 144 valence electrons. The first kappa shape index (κ1) is 18.2. The van der Waals surface area contributed by atoms with E-state index in [1.807, 2.05) is 0 Å². The number of fused-ring (bicyclic) bond motifs is 5. The van der Waals surface area contributed by atoms with Crippen LogP contribution in [0.1, 0.15) is 71.6 Å². The van der Waals surface area contributed by atoms with Gasteiger partial charge in [0.15, 0.2) is 0 Å². The van der Waals surface area contributed by atoms with Crippen LogP contribution < -0.4 is 0 Å². The minimum Gasteiger partial charge on any atom is -0.726 e. The Bertz CT molecular complexity index is 634. The number of aliphatic hydroxyl groups excluding tert-OH is 1. The van der Waals surface area contributed by atoms with Crippen LogP contribution in [0, 0.1) is 34.5 Å². The SMILES string of the molecule is C[C@]12CC[C@@H](OS(=O)(=O)[O-])C[C@@H]1CC[C@@H]1[C@@H]2CC[C@]2(C)[C@@H](O)CC[C@@H]12. The largest absolute Gasteiger partial charge is 0.726 e. The van der Waals surface area contributed by atoms with Gasteiger partial charge in [0, 0.05) is 0 Å². The third kappa shape index (κ3) is 2.88. The van der Waals surface area contributed by atoms with E-state index >= 15 is 0 Å². The van der Waals surface area contributed by atoms with Crippen LogP contribution in [0.2, 0.25) is 0 Å². The average molecular weight is 372 g/mol. The van der Waals surface area contributed by atoms with Crippen LogP contribution in [-0.4, -0.2) is 30.3 Å². The summed E-state index contributed by atoms with van der Waals surface area (Å²) in [6.07, 6.45) is 8.40. The zero-order valence-corrected chi connectivity index (χ0v) is 16.1. The van der Waals surface area contributed by atoms with Gasteiger partial charge in [0.2, 0.25) is 10.4 Å². The Labute approximate surface area is 151 Å². The molecule has 4 fully saturated rings. The molecule has 0 unspecified atom stereocenters. The van der Waals surface area contributed by atoms with Gasteiger partial charge in [-0.3, -0.25) is 4.18 Å². The quantitative estimate of drug-likeness (QED) is 0.595. The van der Waals surface area contributed by atoms with Crippen LogP contribution in [0.3, 0.4) is 0 Å². The first-order valence-corrected chi connectivity index (χ1v) is 11.3. The van der Waals surface area contributed by atoms with Gasteiger partial charge in [0.1, 0.15) is 0 Å². The lowest BCUT2D eigenvalue weighted by Crippen LogP contribution is -2.54. The minimum atomic E-state index is -4.61. The Morgan fingerprint density at radius 1 is 0.960 bits per heavy atom. The predicted molar refractivity (Wildman–Crippen MR) is 92.3 cm³/mol. The lowest BCUT2D eigenvalue weighted by molar-refractivity contribution is -0.131. The highest BCUT2D eigenvalue weighted by molar-refractivity contribution is 7.80. The maximum Gasteiger partial charge on any atom is 0.217 e. The van der Waals surface area contributed by atoms with Gasteiger partial charge in [-0.05, 0) is 92.3 Å². The molecule has 4 rings (SSSR count). The number of rotatable bonds is 2. The van der Waals surface area contributed by atoms with Crippen molar-refractivity contribution in [3.8, 4) is 0 Å². The van der Waals surface area contributed by atoms with E-state index in [0.29, 0.717) is 36.5 Å². The minimum absolute atomic E-state index is 0.0985. The first-order chi connectivity index (χ1) is 11.6. The van der Waals surface area contributed by atoms with Crippen LogP contribution in [0.5, 0.6) is 0 Å². The van der Waals surface area contributed by atoms with Crippen LogP contribution in [0.4, 0.5) is 0 Å². The van der Waals surface area contributed by atoms with Gasteiger partial charge in [0.25, 0.3) is 0 Å². The molecule has 0 aromatic heterocycles. The second kappa shape index (κ2) is 5.91. The van der Waals surface area contributed by atoms with E-state index in [1.54, 1.807) is 0 Å². The lowest BCUT2D eigenvalue weighted by atomic mass is 9.45. The number of aliphatic hydroxyl groups is 1. The molecule has 0 aromatic rings. The summed E-state index contributed by atoms with van der Waals surface area (Å²) < 4.78 is 37.7. The third-order valence-corrected chi connectivity index (χ3v) is 9.33. The summed E-state index contributed by atoms with van der Waals surface area (Å²) in [7, 11) is -4.61. The van der Waals surface area contributed by atoms with Gasteiger partial charge < -0.3 is 9.66 Å². The van der Waals surface area contributed by atoms with Gasteiger partial charge in [-0.15, -0.1) is 0 Å². The molecule has 0 saturated heterocycles. The van der Waals surface area contributed by atoms with Crippen molar-refractivity contribution in [3.05, 3.63) is 0 Å². The maximum atomic E-state index is 11.0. The average Bonchev–Trinajstić information content (AvgIpc) is 2.82. The molecule has 8 atom stereocenters. The van der Waals surface area contributed by atoms with Crippen molar-refractivity contribution in [3.63, 3.8) is 0 Å². The monoisotopic (exact) mass is 371 g/mol. The highest BCUT2D eigenvalue weighted by Gasteiger charge is 2.60. The smallest absolute Gasteiger partial charge is 0.217 e. The molecular weight excluding hydrogens is 340 g/mol. The summed E-state index contributed by atoms with van der Waals surface area (Å²) in [5, 5.41) is 10.5. The Kier molecular flexibility index (Phi) is 4.31. The fourth-order valence-electron chi connectivity index (χ4n) is 7.45. The van der Waals surface area contributed by atoms with Gasteiger partial charge in [-0.2, -0.15) is 0 Å². The summed E-state index contributed by atoms with van der Waals surface area (Å²) in [4.78, 5) is 0. The summed E-state index contributed by atoms with van der Waals surface area (Å²) in [5.74, 6) is 2.44. The van der Waals surface area contributed by atoms with E-state index in [2.05, 4.69) is 13.8 Å². The van der Waals surface area contributed by atoms with Crippen LogP contribution in [0.15, 0.2) is 0 Å². The molecule has 0 amide bonds. The maximum absolute atomic E-state index is 11.0. The summed E-state index contributed by atoms with van der Waals surface area (Å²) in [6, 6.07) is 0. The van der Waals surface area contributed by atoms with E-state index in [9.17, 15) is 18.1 Å². The number of hydrogen-bond acceptors (Lipinski definition) is 5. The fourth-order valence-corrected chi connectivity index (χ4v) is 7.95. The summed E-state index contributed by atoms with van der Waals surface area (Å²) >= 11 is 0. The van der Waals surface area contributed by atoms with Crippen molar-refractivity contribution >= 4 is 10.4 Å². The van der Waals surface area contributed by atoms with Crippen molar-refractivity contribution in [2.24, 2.45) is 34.5 Å². The highest BCUT2D eigenvalue weighted by atomic mass is 32.3. The lowest BCUT2D eigenvalue weighted by Gasteiger charge is -2.60. The van der Waals surface area contributed by atoms with Crippen molar-refractivity contribution in [1.29, 1.82) is 0 Å².